The molecule has 2 rings (SSSR count). The highest BCUT2D eigenvalue weighted by atomic mass is 15.2. The van der Waals surface area contributed by atoms with Crippen molar-refractivity contribution < 1.29 is 0 Å². The fourth-order valence-corrected chi connectivity index (χ4v) is 3.16. The molecule has 2 unspecified atom stereocenters. The van der Waals surface area contributed by atoms with Gasteiger partial charge in [-0.15, -0.1) is 0 Å². The van der Waals surface area contributed by atoms with Crippen molar-refractivity contribution in [1.82, 2.24) is 4.90 Å². The summed E-state index contributed by atoms with van der Waals surface area (Å²) in [6.45, 7) is 4.50. The van der Waals surface area contributed by atoms with Crippen molar-refractivity contribution in [1.29, 1.82) is 0 Å². The van der Waals surface area contributed by atoms with Gasteiger partial charge in [0.25, 0.3) is 0 Å². The van der Waals surface area contributed by atoms with Crippen LogP contribution in [0.1, 0.15) is 45.4 Å². The molecular formula is C12H24N2. The lowest BCUT2D eigenvalue weighted by molar-refractivity contribution is 0.0883. The molecule has 0 spiro atoms. The van der Waals surface area contributed by atoms with Crippen molar-refractivity contribution in [2.24, 2.45) is 11.7 Å². The molecule has 1 saturated carbocycles. The van der Waals surface area contributed by atoms with Crippen LogP contribution in [0, 0.1) is 5.92 Å². The number of likely N-dealkylation sites (tertiary alicyclic amines) is 1. The van der Waals surface area contributed by atoms with E-state index in [9.17, 15) is 0 Å². The van der Waals surface area contributed by atoms with Gasteiger partial charge in [-0.3, -0.25) is 4.90 Å². The molecule has 0 radical (unpaired) electrons. The second-order valence-electron chi connectivity index (χ2n) is 4.94. The first kappa shape index (κ1) is 10.4. The molecule has 1 heterocycles. The summed E-state index contributed by atoms with van der Waals surface area (Å²) in [5, 5.41) is 0. The summed E-state index contributed by atoms with van der Waals surface area (Å²) in [6, 6.07) is 1.54. The fraction of sp³-hybridized carbons (Fsp3) is 1.00. The van der Waals surface area contributed by atoms with Gasteiger partial charge in [0.2, 0.25) is 0 Å². The van der Waals surface area contributed by atoms with E-state index < -0.39 is 0 Å². The van der Waals surface area contributed by atoms with E-state index in [4.69, 9.17) is 5.73 Å². The predicted molar refractivity (Wildman–Crippen MR) is 60.2 cm³/mol. The van der Waals surface area contributed by atoms with Gasteiger partial charge in [-0.1, -0.05) is 13.3 Å². The van der Waals surface area contributed by atoms with E-state index in [1.807, 2.05) is 0 Å². The summed E-state index contributed by atoms with van der Waals surface area (Å²) >= 11 is 0. The molecule has 2 nitrogen and oxygen atoms in total. The maximum atomic E-state index is 5.94. The van der Waals surface area contributed by atoms with Crippen molar-refractivity contribution in [2.75, 3.05) is 13.1 Å². The lowest BCUT2D eigenvalue weighted by Gasteiger charge is -2.41. The van der Waals surface area contributed by atoms with Crippen molar-refractivity contribution in [3.8, 4) is 0 Å². The zero-order valence-electron chi connectivity index (χ0n) is 9.41. The number of hydrogen-bond donors (Lipinski definition) is 1. The molecule has 0 amide bonds. The average molecular weight is 196 g/mol. The molecule has 0 aromatic heterocycles. The maximum absolute atomic E-state index is 5.94. The van der Waals surface area contributed by atoms with E-state index in [-0.39, 0.29) is 0 Å². The van der Waals surface area contributed by atoms with Gasteiger partial charge in [0.15, 0.2) is 0 Å². The molecular weight excluding hydrogens is 172 g/mol. The first-order valence-electron chi connectivity index (χ1n) is 6.32. The Morgan fingerprint density at radius 2 is 2.07 bits per heavy atom. The van der Waals surface area contributed by atoms with Crippen LogP contribution in [-0.2, 0) is 0 Å². The summed E-state index contributed by atoms with van der Waals surface area (Å²) in [5.41, 5.74) is 5.94. The Kier molecular flexibility index (Phi) is 3.45. The van der Waals surface area contributed by atoms with E-state index in [1.54, 1.807) is 0 Å². The van der Waals surface area contributed by atoms with Gasteiger partial charge in [0.1, 0.15) is 0 Å². The largest absolute Gasteiger partial charge is 0.329 e. The van der Waals surface area contributed by atoms with Gasteiger partial charge in [0.05, 0.1) is 0 Å². The van der Waals surface area contributed by atoms with E-state index in [2.05, 4.69) is 11.8 Å². The minimum absolute atomic E-state index is 0.705. The van der Waals surface area contributed by atoms with Crippen LogP contribution < -0.4 is 5.73 Å². The first-order valence-corrected chi connectivity index (χ1v) is 6.32. The SMILES string of the molecule is CCC1CCCN1C(CN)C1CCC1. The Bertz CT molecular complexity index is 177. The van der Waals surface area contributed by atoms with E-state index >= 15 is 0 Å². The summed E-state index contributed by atoms with van der Waals surface area (Å²) < 4.78 is 0. The van der Waals surface area contributed by atoms with Crippen LogP contribution in [0.5, 0.6) is 0 Å². The summed E-state index contributed by atoms with van der Waals surface area (Å²) in [7, 11) is 0. The molecule has 14 heavy (non-hydrogen) atoms. The molecule has 82 valence electrons. The molecule has 2 heteroatoms. The average Bonchev–Trinajstić information content (AvgIpc) is 2.58. The normalized spacial score (nSPS) is 31.7. The number of hydrogen-bond acceptors (Lipinski definition) is 2. The van der Waals surface area contributed by atoms with Gasteiger partial charge in [-0.2, -0.15) is 0 Å². The second-order valence-corrected chi connectivity index (χ2v) is 4.94. The van der Waals surface area contributed by atoms with Gasteiger partial charge in [-0.05, 0) is 44.6 Å². The smallest absolute Gasteiger partial charge is 0.0249 e. The van der Waals surface area contributed by atoms with E-state index in [1.165, 1.54) is 45.1 Å². The highest BCUT2D eigenvalue weighted by molar-refractivity contribution is 4.91. The quantitative estimate of drug-likeness (QED) is 0.745. The van der Waals surface area contributed by atoms with Gasteiger partial charge >= 0.3 is 0 Å². The lowest BCUT2D eigenvalue weighted by Crippen LogP contribution is -2.49. The summed E-state index contributed by atoms with van der Waals surface area (Å²) in [6.07, 6.45) is 8.39. The third-order valence-corrected chi connectivity index (χ3v) is 4.26. The second kappa shape index (κ2) is 4.63. The molecule has 2 atom stereocenters. The summed E-state index contributed by atoms with van der Waals surface area (Å²) in [5.74, 6) is 0.923. The molecule has 1 saturated heterocycles. The van der Waals surface area contributed by atoms with Crippen molar-refractivity contribution in [2.45, 2.75) is 57.5 Å². The van der Waals surface area contributed by atoms with Crippen LogP contribution in [0.25, 0.3) is 0 Å². The Morgan fingerprint density at radius 3 is 2.57 bits per heavy atom. The van der Waals surface area contributed by atoms with Gasteiger partial charge in [-0.25, -0.2) is 0 Å². The number of nitrogens with two attached hydrogens (primary N) is 1. The highest BCUT2D eigenvalue weighted by Crippen LogP contribution is 2.35. The Morgan fingerprint density at radius 1 is 1.29 bits per heavy atom. The fourth-order valence-electron chi connectivity index (χ4n) is 3.16. The third kappa shape index (κ3) is 1.82. The van der Waals surface area contributed by atoms with E-state index in [0.29, 0.717) is 6.04 Å². The van der Waals surface area contributed by atoms with Crippen LogP contribution in [0.15, 0.2) is 0 Å². The van der Waals surface area contributed by atoms with Crippen molar-refractivity contribution in [3.05, 3.63) is 0 Å². The van der Waals surface area contributed by atoms with Crippen LogP contribution in [0.3, 0.4) is 0 Å². The minimum atomic E-state index is 0.705. The molecule has 0 aromatic carbocycles. The summed E-state index contributed by atoms with van der Waals surface area (Å²) in [4.78, 5) is 2.71. The number of rotatable bonds is 4. The topological polar surface area (TPSA) is 29.3 Å². The maximum Gasteiger partial charge on any atom is 0.0249 e. The highest BCUT2D eigenvalue weighted by Gasteiger charge is 2.35. The van der Waals surface area contributed by atoms with E-state index in [0.717, 1.165) is 18.5 Å². The Balaban J connectivity index is 1.95. The molecule has 2 N–H and O–H groups in total. The predicted octanol–water partition coefficient (Wildman–Crippen LogP) is 1.99. The molecule has 2 aliphatic rings. The molecule has 1 aliphatic carbocycles. The number of nitrogens with zero attached hydrogens (tertiary/aromatic N) is 1. The molecule has 0 aromatic rings. The third-order valence-electron chi connectivity index (χ3n) is 4.26. The minimum Gasteiger partial charge on any atom is -0.329 e. The van der Waals surface area contributed by atoms with Crippen molar-refractivity contribution in [3.63, 3.8) is 0 Å². The van der Waals surface area contributed by atoms with Gasteiger partial charge < -0.3 is 5.73 Å². The van der Waals surface area contributed by atoms with Gasteiger partial charge in [0, 0.05) is 18.6 Å². The zero-order valence-corrected chi connectivity index (χ0v) is 9.41. The molecule has 2 fully saturated rings. The Labute approximate surface area is 87.8 Å². The van der Waals surface area contributed by atoms with Crippen molar-refractivity contribution >= 4 is 0 Å². The monoisotopic (exact) mass is 196 g/mol. The molecule has 1 aliphatic heterocycles. The Hall–Kier alpha value is -0.0800. The van der Waals surface area contributed by atoms with Crippen LogP contribution in [0.4, 0.5) is 0 Å². The first-order chi connectivity index (χ1) is 6.86. The standard InChI is InChI=1S/C12H24N2/c1-2-11-7-4-8-14(11)12(9-13)10-5-3-6-10/h10-12H,2-9,13H2,1H3. The van der Waals surface area contributed by atoms with Crippen LogP contribution >= 0.6 is 0 Å². The van der Waals surface area contributed by atoms with Crippen LogP contribution in [0.2, 0.25) is 0 Å². The van der Waals surface area contributed by atoms with Crippen LogP contribution in [-0.4, -0.2) is 30.1 Å². The lowest BCUT2D eigenvalue weighted by atomic mass is 9.79. The molecule has 0 bridgehead atoms. The zero-order chi connectivity index (χ0) is 9.97.